The average molecular weight is 237 g/mol. The molecular weight excluding hydrogens is 228 g/mol. The van der Waals surface area contributed by atoms with Gasteiger partial charge in [0, 0.05) is 6.07 Å². The van der Waals surface area contributed by atoms with Crippen molar-refractivity contribution in [3.63, 3.8) is 0 Å². The van der Waals surface area contributed by atoms with Crippen LogP contribution in [-0.2, 0) is 0 Å². The number of nitrogens with zero attached hydrogens (tertiary/aromatic N) is 2. The molecule has 0 radical (unpaired) electrons. The van der Waals surface area contributed by atoms with E-state index in [2.05, 4.69) is 5.10 Å². The number of nitrogens with two attached hydrogens (primary N) is 1. The molecule has 0 amide bonds. The second-order valence-corrected chi connectivity index (χ2v) is 3.55. The minimum Gasteiger partial charge on any atom is -0.383 e. The highest BCUT2D eigenvalue weighted by atomic mass is 19.1. The summed E-state index contributed by atoms with van der Waals surface area (Å²) in [6, 6.07) is 4.10. The van der Waals surface area contributed by atoms with E-state index >= 15 is 0 Å². The van der Waals surface area contributed by atoms with Gasteiger partial charge in [-0.1, -0.05) is 0 Å². The Morgan fingerprint density at radius 3 is 2.65 bits per heavy atom. The molecular formula is C11H9F2N3O. The van der Waals surface area contributed by atoms with Crippen LogP contribution in [0.4, 0.5) is 14.6 Å². The summed E-state index contributed by atoms with van der Waals surface area (Å²) in [7, 11) is 0. The third kappa shape index (κ3) is 2.01. The van der Waals surface area contributed by atoms with E-state index in [1.54, 1.807) is 6.92 Å². The van der Waals surface area contributed by atoms with Crippen LogP contribution in [0.3, 0.4) is 0 Å². The molecule has 0 aliphatic heterocycles. The van der Waals surface area contributed by atoms with Gasteiger partial charge in [-0.15, -0.1) is 0 Å². The van der Waals surface area contributed by atoms with Crippen LogP contribution in [0.1, 0.15) is 16.1 Å². The Morgan fingerprint density at radius 1 is 1.35 bits per heavy atom. The number of hydrogen-bond donors (Lipinski definition) is 1. The largest absolute Gasteiger partial charge is 0.383 e. The first-order chi connectivity index (χ1) is 7.99. The van der Waals surface area contributed by atoms with Crippen molar-refractivity contribution < 1.29 is 13.6 Å². The molecule has 0 aliphatic carbocycles. The van der Waals surface area contributed by atoms with Crippen LogP contribution in [0.25, 0.3) is 0 Å². The monoisotopic (exact) mass is 237 g/mol. The van der Waals surface area contributed by atoms with Crippen LogP contribution in [0.5, 0.6) is 0 Å². The number of anilines is 1. The van der Waals surface area contributed by atoms with Gasteiger partial charge in [0.25, 0.3) is 5.91 Å². The molecule has 2 rings (SSSR count). The van der Waals surface area contributed by atoms with E-state index in [9.17, 15) is 13.6 Å². The van der Waals surface area contributed by atoms with Gasteiger partial charge < -0.3 is 5.73 Å². The second-order valence-electron chi connectivity index (χ2n) is 3.55. The molecule has 0 aliphatic rings. The van der Waals surface area contributed by atoms with Crippen molar-refractivity contribution in [3.8, 4) is 0 Å². The summed E-state index contributed by atoms with van der Waals surface area (Å²) >= 11 is 0. The van der Waals surface area contributed by atoms with Crippen molar-refractivity contribution >= 4 is 11.7 Å². The summed E-state index contributed by atoms with van der Waals surface area (Å²) in [4.78, 5) is 11.9. The molecule has 0 bridgehead atoms. The quantitative estimate of drug-likeness (QED) is 0.821. The maximum absolute atomic E-state index is 13.4. The predicted molar refractivity (Wildman–Crippen MR) is 57.5 cm³/mol. The van der Waals surface area contributed by atoms with Crippen LogP contribution in [-0.4, -0.2) is 15.7 Å². The van der Waals surface area contributed by atoms with Gasteiger partial charge >= 0.3 is 0 Å². The molecule has 1 heterocycles. The summed E-state index contributed by atoms with van der Waals surface area (Å²) in [6.45, 7) is 1.64. The van der Waals surface area contributed by atoms with E-state index < -0.39 is 23.1 Å². The third-order valence-electron chi connectivity index (χ3n) is 2.21. The number of benzene rings is 1. The Bertz CT molecular complexity index is 592. The van der Waals surface area contributed by atoms with Gasteiger partial charge in [-0.3, -0.25) is 4.79 Å². The van der Waals surface area contributed by atoms with Crippen molar-refractivity contribution in [2.45, 2.75) is 6.92 Å². The zero-order valence-electron chi connectivity index (χ0n) is 8.95. The maximum atomic E-state index is 13.4. The lowest BCUT2D eigenvalue weighted by Crippen LogP contribution is -2.17. The van der Waals surface area contributed by atoms with Gasteiger partial charge in [-0.2, -0.15) is 9.78 Å². The maximum Gasteiger partial charge on any atom is 0.283 e. The van der Waals surface area contributed by atoms with E-state index in [1.807, 2.05) is 0 Å². The Balaban J connectivity index is 2.50. The van der Waals surface area contributed by atoms with E-state index in [0.717, 1.165) is 22.9 Å². The van der Waals surface area contributed by atoms with Gasteiger partial charge in [-0.05, 0) is 25.1 Å². The number of carbonyl (C=O) groups is 1. The number of halogens is 2. The molecule has 2 aromatic rings. The number of aromatic nitrogens is 2. The van der Waals surface area contributed by atoms with Crippen LogP contribution in [0, 0.1) is 18.6 Å². The highest BCUT2D eigenvalue weighted by Gasteiger charge is 2.17. The van der Waals surface area contributed by atoms with Gasteiger partial charge in [-0.25, -0.2) is 8.78 Å². The SMILES string of the molecule is Cc1cc(N)n(C(=O)c2cc(F)ccc2F)n1. The van der Waals surface area contributed by atoms with E-state index in [-0.39, 0.29) is 5.82 Å². The van der Waals surface area contributed by atoms with Crippen molar-refractivity contribution in [3.05, 3.63) is 47.2 Å². The molecule has 6 heteroatoms. The standard InChI is InChI=1S/C11H9F2N3O/c1-6-4-10(14)16(15-6)11(17)8-5-7(12)2-3-9(8)13/h2-5H,14H2,1H3. The zero-order chi connectivity index (χ0) is 12.6. The molecule has 0 fully saturated rings. The van der Waals surface area contributed by atoms with E-state index in [0.29, 0.717) is 5.69 Å². The minimum absolute atomic E-state index is 0.0798. The molecule has 0 unspecified atom stereocenters. The first-order valence-corrected chi connectivity index (χ1v) is 4.81. The fourth-order valence-corrected chi connectivity index (χ4v) is 1.46. The van der Waals surface area contributed by atoms with Crippen LogP contribution in [0.15, 0.2) is 24.3 Å². The summed E-state index contributed by atoms with van der Waals surface area (Å²) in [5.41, 5.74) is 5.65. The van der Waals surface area contributed by atoms with Gasteiger partial charge in [0.2, 0.25) is 0 Å². The Morgan fingerprint density at radius 2 is 2.06 bits per heavy atom. The van der Waals surface area contributed by atoms with Crippen molar-refractivity contribution in [2.75, 3.05) is 5.73 Å². The van der Waals surface area contributed by atoms with Crippen LogP contribution < -0.4 is 5.73 Å². The lowest BCUT2D eigenvalue weighted by Gasteiger charge is -2.04. The first kappa shape index (κ1) is 11.3. The predicted octanol–water partition coefficient (Wildman–Crippen LogP) is 1.74. The zero-order valence-corrected chi connectivity index (χ0v) is 8.95. The fourth-order valence-electron chi connectivity index (χ4n) is 1.46. The first-order valence-electron chi connectivity index (χ1n) is 4.81. The van der Waals surface area contributed by atoms with E-state index in [4.69, 9.17) is 5.73 Å². The summed E-state index contributed by atoms with van der Waals surface area (Å²) in [5.74, 6) is -2.23. The third-order valence-corrected chi connectivity index (χ3v) is 2.21. The molecule has 0 saturated carbocycles. The summed E-state index contributed by atoms with van der Waals surface area (Å²) in [5, 5.41) is 3.81. The highest BCUT2D eigenvalue weighted by Crippen LogP contribution is 2.14. The van der Waals surface area contributed by atoms with Crippen molar-refractivity contribution in [1.29, 1.82) is 0 Å². The molecule has 17 heavy (non-hydrogen) atoms. The number of nitrogen functional groups attached to an aromatic ring is 1. The second kappa shape index (κ2) is 3.97. The molecule has 2 N–H and O–H groups in total. The Hall–Kier alpha value is -2.24. The van der Waals surface area contributed by atoms with Gasteiger partial charge in [0.05, 0.1) is 11.3 Å². The molecule has 1 aromatic heterocycles. The minimum atomic E-state index is -0.816. The fraction of sp³-hybridized carbons (Fsp3) is 0.0909. The number of rotatable bonds is 1. The molecule has 0 spiro atoms. The average Bonchev–Trinajstić information content (AvgIpc) is 2.60. The summed E-state index contributed by atoms with van der Waals surface area (Å²) in [6.07, 6.45) is 0. The highest BCUT2D eigenvalue weighted by molar-refractivity contribution is 5.97. The number of carbonyl (C=O) groups excluding carboxylic acids is 1. The molecule has 0 atom stereocenters. The molecule has 1 aromatic carbocycles. The van der Waals surface area contributed by atoms with Gasteiger partial charge in [0.15, 0.2) is 0 Å². The molecule has 88 valence electrons. The van der Waals surface area contributed by atoms with Crippen LogP contribution >= 0.6 is 0 Å². The normalized spacial score (nSPS) is 10.5. The van der Waals surface area contributed by atoms with Crippen molar-refractivity contribution in [1.82, 2.24) is 9.78 Å². The number of hydrogen-bond acceptors (Lipinski definition) is 3. The lowest BCUT2D eigenvalue weighted by atomic mass is 10.2. The molecule has 4 nitrogen and oxygen atoms in total. The van der Waals surface area contributed by atoms with Crippen LogP contribution in [0.2, 0.25) is 0 Å². The Labute approximate surface area is 95.7 Å². The Kier molecular flexibility index (Phi) is 2.63. The molecule has 0 saturated heterocycles. The topological polar surface area (TPSA) is 60.9 Å². The number of aryl methyl sites for hydroxylation is 1. The smallest absolute Gasteiger partial charge is 0.283 e. The lowest BCUT2D eigenvalue weighted by molar-refractivity contribution is 0.0943. The van der Waals surface area contributed by atoms with Gasteiger partial charge in [0.1, 0.15) is 17.5 Å². The van der Waals surface area contributed by atoms with Crippen molar-refractivity contribution in [2.24, 2.45) is 0 Å². The summed E-state index contributed by atoms with van der Waals surface area (Å²) < 4.78 is 27.2. The van der Waals surface area contributed by atoms with E-state index in [1.165, 1.54) is 6.07 Å².